The van der Waals surface area contributed by atoms with Gasteiger partial charge in [0.05, 0.1) is 18.0 Å². The Balaban J connectivity index is 2.48. The maximum absolute atomic E-state index is 9.43. The molecule has 2 rings (SSSR count). The first-order valence-electron chi connectivity index (χ1n) is 6.49. The van der Waals surface area contributed by atoms with E-state index in [4.69, 9.17) is 0 Å². The average Bonchev–Trinajstić information content (AvgIpc) is 2.73. The van der Waals surface area contributed by atoms with E-state index >= 15 is 0 Å². The third-order valence-electron chi connectivity index (χ3n) is 3.21. The van der Waals surface area contributed by atoms with Gasteiger partial charge in [0.1, 0.15) is 0 Å². The van der Waals surface area contributed by atoms with E-state index in [0.717, 1.165) is 30.7 Å². The molecular formula is C15H20N2O. The van der Waals surface area contributed by atoms with E-state index in [2.05, 4.69) is 24.2 Å². The highest BCUT2D eigenvalue weighted by Crippen LogP contribution is 2.27. The number of aliphatic hydroxyl groups is 1. The van der Waals surface area contributed by atoms with Crippen LogP contribution in [0, 0.1) is 0 Å². The van der Waals surface area contributed by atoms with E-state index < -0.39 is 0 Å². The Morgan fingerprint density at radius 1 is 1.22 bits per heavy atom. The predicted octanol–water partition coefficient (Wildman–Crippen LogP) is 2.92. The number of hydrogen-bond acceptors (Lipinski definition) is 2. The highest BCUT2D eigenvalue weighted by molar-refractivity contribution is 5.64. The summed E-state index contributed by atoms with van der Waals surface area (Å²) in [6.45, 7) is 2.19. The van der Waals surface area contributed by atoms with Crippen LogP contribution in [0.2, 0.25) is 0 Å². The Hall–Kier alpha value is -1.61. The smallest absolute Gasteiger partial charge is 0.0917 e. The number of benzene rings is 1. The molecule has 0 saturated carbocycles. The normalized spacial score (nSPS) is 10.8. The molecule has 0 bridgehead atoms. The molecule has 96 valence electrons. The van der Waals surface area contributed by atoms with E-state index in [1.54, 1.807) is 0 Å². The maximum atomic E-state index is 9.43. The van der Waals surface area contributed by atoms with Gasteiger partial charge in [0.15, 0.2) is 0 Å². The van der Waals surface area contributed by atoms with Gasteiger partial charge in [-0.3, -0.25) is 4.68 Å². The van der Waals surface area contributed by atoms with Gasteiger partial charge in [-0.1, -0.05) is 43.7 Å². The quantitative estimate of drug-likeness (QED) is 0.878. The van der Waals surface area contributed by atoms with Crippen LogP contribution in [0.5, 0.6) is 0 Å². The van der Waals surface area contributed by atoms with E-state index in [0.29, 0.717) is 0 Å². The van der Waals surface area contributed by atoms with Gasteiger partial charge < -0.3 is 5.11 Å². The molecule has 0 spiro atoms. The van der Waals surface area contributed by atoms with Gasteiger partial charge in [0.2, 0.25) is 0 Å². The number of nitrogens with zero attached hydrogens (tertiary/aromatic N) is 2. The largest absolute Gasteiger partial charge is 0.390 e. The fourth-order valence-corrected chi connectivity index (χ4v) is 2.32. The third-order valence-corrected chi connectivity index (χ3v) is 3.21. The molecule has 0 aliphatic carbocycles. The third kappa shape index (κ3) is 2.46. The second-order valence-electron chi connectivity index (χ2n) is 4.53. The van der Waals surface area contributed by atoms with E-state index in [1.807, 2.05) is 29.9 Å². The van der Waals surface area contributed by atoms with E-state index in [1.165, 1.54) is 11.1 Å². The molecule has 0 unspecified atom stereocenters. The average molecular weight is 244 g/mol. The second kappa shape index (κ2) is 5.83. The number of rotatable bonds is 5. The number of aliphatic hydroxyl groups excluding tert-OH is 1. The summed E-state index contributed by atoms with van der Waals surface area (Å²) in [6.07, 6.45) is 3.25. The fraction of sp³-hybridized carbons (Fsp3) is 0.400. The predicted molar refractivity (Wildman–Crippen MR) is 73.2 cm³/mol. The Morgan fingerprint density at radius 3 is 2.56 bits per heavy atom. The number of hydrogen-bond donors (Lipinski definition) is 1. The molecular weight excluding hydrogens is 224 g/mol. The van der Waals surface area contributed by atoms with Crippen molar-refractivity contribution in [3.63, 3.8) is 0 Å². The SMILES string of the molecule is CCCCc1c(CO)nn(C)c1-c1ccccc1. The van der Waals surface area contributed by atoms with Crippen molar-refractivity contribution in [3.05, 3.63) is 41.6 Å². The van der Waals surface area contributed by atoms with Crippen molar-refractivity contribution >= 4 is 0 Å². The topological polar surface area (TPSA) is 38.1 Å². The van der Waals surface area contributed by atoms with Crippen molar-refractivity contribution < 1.29 is 5.11 Å². The van der Waals surface area contributed by atoms with Crippen molar-refractivity contribution in [1.29, 1.82) is 0 Å². The molecule has 0 saturated heterocycles. The van der Waals surface area contributed by atoms with Gasteiger partial charge in [-0.05, 0) is 12.8 Å². The van der Waals surface area contributed by atoms with Crippen LogP contribution in [0.1, 0.15) is 31.0 Å². The molecule has 0 atom stereocenters. The highest BCUT2D eigenvalue weighted by atomic mass is 16.3. The Kier molecular flexibility index (Phi) is 4.15. The Bertz CT molecular complexity index is 503. The van der Waals surface area contributed by atoms with Crippen LogP contribution in [0.3, 0.4) is 0 Å². The van der Waals surface area contributed by atoms with Gasteiger partial charge in [-0.15, -0.1) is 0 Å². The summed E-state index contributed by atoms with van der Waals surface area (Å²) in [7, 11) is 1.94. The van der Waals surface area contributed by atoms with Crippen molar-refractivity contribution in [2.24, 2.45) is 7.05 Å². The molecule has 1 N–H and O–H groups in total. The van der Waals surface area contributed by atoms with Crippen LogP contribution in [0.25, 0.3) is 11.3 Å². The van der Waals surface area contributed by atoms with Crippen molar-refractivity contribution in [1.82, 2.24) is 9.78 Å². The first kappa shape index (κ1) is 12.8. The summed E-state index contributed by atoms with van der Waals surface area (Å²) in [5, 5.41) is 13.9. The molecule has 1 heterocycles. The Morgan fingerprint density at radius 2 is 1.94 bits per heavy atom. The highest BCUT2D eigenvalue weighted by Gasteiger charge is 2.16. The second-order valence-corrected chi connectivity index (χ2v) is 4.53. The van der Waals surface area contributed by atoms with Crippen LogP contribution in [0.15, 0.2) is 30.3 Å². The lowest BCUT2D eigenvalue weighted by molar-refractivity contribution is 0.274. The van der Waals surface area contributed by atoms with Gasteiger partial charge in [0, 0.05) is 18.2 Å². The minimum Gasteiger partial charge on any atom is -0.390 e. The van der Waals surface area contributed by atoms with Crippen LogP contribution >= 0.6 is 0 Å². The lowest BCUT2D eigenvalue weighted by Crippen LogP contribution is -1.95. The minimum atomic E-state index is 0.0136. The summed E-state index contributed by atoms with van der Waals surface area (Å²) in [6, 6.07) is 10.3. The fourth-order valence-electron chi connectivity index (χ4n) is 2.32. The molecule has 0 amide bonds. The molecule has 2 aromatic rings. The van der Waals surface area contributed by atoms with Crippen LogP contribution < -0.4 is 0 Å². The first-order chi connectivity index (χ1) is 8.77. The van der Waals surface area contributed by atoms with Gasteiger partial charge in [-0.25, -0.2) is 0 Å². The van der Waals surface area contributed by atoms with Crippen molar-refractivity contribution in [3.8, 4) is 11.3 Å². The maximum Gasteiger partial charge on any atom is 0.0917 e. The van der Waals surface area contributed by atoms with Crippen molar-refractivity contribution in [2.45, 2.75) is 32.8 Å². The van der Waals surface area contributed by atoms with Gasteiger partial charge >= 0.3 is 0 Å². The molecule has 1 aromatic heterocycles. The molecule has 0 radical (unpaired) electrons. The monoisotopic (exact) mass is 244 g/mol. The summed E-state index contributed by atoms with van der Waals surface area (Å²) in [5.74, 6) is 0. The number of aryl methyl sites for hydroxylation is 1. The van der Waals surface area contributed by atoms with Gasteiger partial charge in [0.25, 0.3) is 0 Å². The molecule has 0 aliphatic heterocycles. The summed E-state index contributed by atoms with van der Waals surface area (Å²) >= 11 is 0. The van der Waals surface area contributed by atoms with Crippen LogP contribution in [-0.2, 0) is 20.1 Å². The molecule has 18 heavy (non-hydrogen) atoms. The molecule has 3 nitrogen and oxygen atoms in total. The molecule has 0 fully saturated rings. The summed E-state index contributed by atoms with van der Waals surface area (Å²) in [5.41, 5.74) is 4.30. The Labute approximate surface area is 108 Å². The lowest BCUT2D eigenvalue weighted by Gasteiger charge is -2.06. The zero-order valence-corrected chi connectivity index (χ0v) is 11.1. The first-order valence-corrected chi connectivity index (χ1v) is 6.49. The van der Waals surface area contributed by atoms with Crippen LogP contribution in [0.4, 0.5) is 0 Å². The van der Waals surface area contributed by atoms with E-state index in [9.17, 15) is 5.11 Å². The number of unbranched alkanes of at least 4 members (excludes halogenated alkanes) is 1. The number of aromatic nitrogens is 2. The van der Waals surface area contributed by atoms with E-state index in [-0.39, 0.29) is 6.61 Å². The van der Waals surface area contributed by atoms with Crippen molar-refractivity contribution in [2.75, 3.05) is 0 Å². The van der Waals surface area contributed by atoms with Crippen LogP contribution in [-0.4, -0.2) is 14.9 Å². The van der Waals surface area contributed by atoms with Gasteiger partial charge in [-0.2, -0.15) is 5.10 Å². The minimum absolute atomic E-state index is 0.0136. The molecule has 1 aromatic carbocycles. The zero-order chi connectivity index (χ0) is 13.0. The standard InChI is InChI=1S/C15H20N2O/c1-3-4-10-13-14(11-18)16-17(2)15(13)12-8-6-5-7-9-12/h5-9,18H,3-4,10-11H2,1-2H3. The summed E-state index contributed by atoms with van der Waals surface area (Å²) in [4.78, 5) is 0. The summed E-state index contributed by atoms with van der Waals surface area (Å²) < 4.78 is 1.88. The zero-order valence-electron chi connectivity index (χ0n) is 11.1. The molecule has 3 heteroatoms. The molecule has 0 aliphatic rings. The lowest BCUT2D eigenvalue weighted by atomic mass is 10.0.